The summed E-state index contributed by atoms with van der Waals surface area (Å²) in [5.41, 5.74) is 1.22. The van der Waals surface area contributed by atoms with Gasteiger partial charge in [-0.1, -0.05) is 29.3 Å². The highest BCUT2D eigenvalue weighted by atomic mass is 35.5. The molecule has 0 spiro atoms. The van der Waals surface area contributed by atoms with Crippen LogP contribution in [-0.4, -0.2) is 24.1 Å². The molecule has 0 aliphatic carbocycles. The van der Waals surface area contributed by atoms with Crippen LogP contribution in [-0.2, 0) is 9.53 Å². The van der Waals surface area contributed by atoms with Gasteiger partial charge in [-0.25, -0.2) is 9.79 Å². The van der Waals surface area contributed by atoms with E-state index in [0.29, 0.717) is 26.9 Å². The molecule has 5 nitrogen and oxygen atoms in total. The van der Waals surface area contributed by atoms with Crippen LogP contribution in [0.5, 0.6) is 11.5 Å². The largest absolute Gasteiger partial charge is 0.504 e. The van der Waals surface area contributed by atoms with Gasteiger partial charge in [-0.3, -0.25) is 0 Å². The number of phenols is 1. The molecule has 0 fully saturated rings. The molecule has 24 heavy (non-hydrogen) atoms. The van der Waals surface area contributed by atoms with Gasteiger partial charge in [0.25, 0.3) is 0 Å². The molecule has 7 heteroatoms. The summed E-state index contributed by atoms with van der Waals surface area (Å²) in [6.07, 6.45) is 1.53. The molecule has 1 heterocycles. The van der Waals surface area contributed by atoms with Crippen LogP contribution in [0.15, 0.2) is 47.1 Å². The number of ether oxygens (including phenoxy) is 2. The summed E-state index contributed by atoms with van der Waals surface area (Å²) in [4.78, 5) is 16.2. The van der Waals surface area contributed by atoms with Crippen molar-refractivity contribution in [3.8, 4) is 11.5 Å². The van der Waals surface area contributed by atoms with Gasteiger partial charge in [-0.05, 0) is 42.0 Å². The van der Waals surface area contributed by atoms with E-state index in [1.807, 2.05) is 0 Å². The number of phenolic OH excluding ortho intramolecular Hbond substituents is 1. The molecule has 2 aromatic carbocycles. The second-order valence-electron chi connectivity index (χ2n) is 4.89. The van der Waals surface area contributed by atoms with Crippen LogP contribution in [0.25, 0.3) is 6.08 Å². The zero-order chi connectivity index (χ0) is 17.3. The summed E-state index contributed by atoms with van der Waals surface area (Å²) in [5.74, 6) is -0.187. The lowest BCUT2D eigenvalue weighted by atomic mass is 10.1. The minimum atomic E-state index is -0.594. The van der Waals surface area contributed by atoms with E-state index >= 15 is 0 Å². The molecule has 3 rings (SSSR count). The van der Waals surface area contributed by atoms with Crippen LogP contribution in [0.1, 0.15) is 11.1 Å². The van der Waals surface area contributed by atoms with E-state index in [1.54, 1.807) is 30.3 Å². The Labute approximate surface area is 147 Å². The highest BCUT2D eigenvalue weighted by Gasteiger charge is 2.25. The summed E-state index contributed by atoms with van der Waals surface area (Å²) < 4.78 is 10.2. The third-order valence-corrected chi connectivity index (χ3v) is 3.84. The molecule has 0 amide bonds. The number of hydrogen-bond donors (Lipinski definition) is 1. The smallest absolute Gasteiger partial charge is 0.363 e. The van der Waals surface area contributed by atoms with Crippen LogP contribution >= 0.6 is 23.2 Å². The zero-order valence-electron chi connectivity index (χ0n) is 12.4. The first-order valence-electron chi connectivity index (χ1n) is 6.83. The molecule has 0 saturated heterocycles. The molecule has 1 N–H and O–H groups in total. The van der Waals surface area contributed by atoms with Gasteiger partial charge in [0.05, 0.1) is 17.7 Å². The average Bonchev–Trinajstić information content (AvgIpc) is 2.89. The van der Waals surface area contributed by atoms with Crippen molar-refractivity contribution in [3.63, 3.8) is 0 Å². The molecule has 0 radical (unpaired) electrons. The van der Waals surface area contributed by atoms with E-state index in [1.165, 1.54) is 19.3 Å². The molecule has 0 aromatic heterocycles. The van der Waals surface area contributed by atoms with Crippen LogP contribution in [0.2, 0.25) is 10.0 Å². The molecule has 1 aliphatic heterocycles. The Morgan fingerprint density at radius 1 is 1.21 bits per heavy atom. The van der Waals surface area contributed by atoms with Crippen molar-refractivity contribution in [1.29, 1.82) is 0 Å². The Hall–Kier alpha value is -2.50. The lowest BCUT2D eigenvalue weighted by Crippen LogP contribution is -2.05. The molecule has 1 aliphatic rings. The number of hydrogen-bond acceptors (Lipinski definition) is 5. The third-order valence-electron chi connectivity index (χ3n) is 3.29. The number of carbonyl (C=O) groups excluding carboxylic acids is 1. The number of rotatable bonds is 3. The van der Waals surface area contributed by atoms with E-state index in [9.17, 15) is 9.90 Å². The minimum absolute atomic E-state index is 0.00536. The van der Waals surface area contributed by atoms with Gasteiger partial charge in [-0.15, -0.1) is 0 Å². The van der Waals surface area contributed by atoms with Crippen LogP contribution in [0.4, 0.5) is 0 Å². The summed E-state index contributed by atoms with van der Waals surface area (Å²) in [6, 6.07) is 9.47. The predicted octanol–water partition coefficient (Wildman–Crippen LogP) is 4.05. The maximum absolute atomic E-state index is 12.0. The van der Waals surface area contributed by atoms with E-state index in [2.05, 4.69) is 4.99 Å². The van der Waals surface area contributed by atoms with Crippen LogP contribution < -0.4 is 4.74 Å². The topological polar surface area (TPSA) is 68.1 Å². The molecular formula is C17H11Cl2NO4. The summed E-state index contributed by atoms with van der Waals surface area (Å²) >= 11 is 12.0. The maximum atomic E-state index is 12.0. The first-order valence-corrected chi connectivity index (χ1v) is 7.58. The summed E-state index contributed by atoms with van der Waals surface area (Å²) in [5, 5.41) is 10.4. The van der Waals surface area contributed by atoms with Gasteiger partial charge in [-0.2, -0.15) is 0 Å². The van der Waals surface area contributed by atoms with E-state index in [0.717, 1.165) is 0 Å². The van der Waals surface area contributed by atoms with E-state index < -0.39 is 5.97 Å². The number of esters is 1. The number of methoxy groups -OCH3 is 1. The second-order valence-corrected chi connectivity index (χ2v) is 5.74. The maximum Gasteiger partial charge on any atom is 0.363 e. The molecule has 0 saturated carbocycles. The van der Waals surface area contributed by atoms with Gasteiger partial charge >= 0.3 is 5.97 Å². The number of aromatic hydroxyl groups is 1. The number of nitrogens with zero attached hydrogens (tertiary/aromatic N) is 1. The van der Waals surface area contributed by atoms with Crippen molar-refractivity contribution < 1.29 is 19.4 Å². The molecule has 0 atom stereocenters. The molecule has 0 bridgehead atoms. The average molecular weight is 364 g/mol. The fraction of sp³-hybridized carbons (Fsp3) is 0.0588. The fourth-order valence-electron chi connectivity index (χ4n) is 2.13. The normalized spacial score (nSPS) is 15.4. The molecule has 122 valence electrons. The van der Waals surface area contributed by atoms with Gasteiger partial charge in [0.2, 0.25) is 5.90 Å². The number of benzene rings is 2. The zero-order valence-corrected chi connectivity index (χ0v) is 13.9. The van der Waals surface area contributed by atoms with Crippen molar-refractivity contribution >= 4 is 41.1 Å². The Morgan fingerprint density at radius 2 is 2.00 bits per heavy atom. The Balaban J connectivity index is 1.97. The number of carbonyl (C=O) groups is 1. The second kappa shape index (κ2) is 6.55. The first-order chi connectivity index (χ1) is 11.5. The number of aliphatic imine (C=N–C) groups is 1. The third kappa shape index (κ3) is 3.22. The Bertz CT molecular complexity index is 890. The lowest BCUT2D eigenvalue weighted by molar-refractivity contribution is -0.129. The quantitative estimate of drug-likeness (QED) is 0.659. The van der Waals surface area contributed by atoms with Gasteiger partial charge in [0.15, 0.2) is 17.2 Å². The SMILES string of the molecule is COc1cc(/C=C2/N=C(c3ccc(Cl)cc3Cl)OC2=O)ccc1O. The van der Waals surface area contributed by atoms with Gasteiger partial charge in [0, 0.05) is 5.02 Å². The van der Waals surface area contributed by atoms with Gasteiger partial charge < -0.3 is 14.6 Å². The predicted molar refractivity (Wildman–Crippen MR) is 91.7 cm³/mol. The fourth-order valence-corrected chi connectivity index (χ4v) is 2.62. The summed E-state index contributed by atoms with van der Waals surface area (Å²) in [7, 11) is 1.44. The number of halogens is 2. The Kier molecular flexibility index (Phi) is 4.46. The minimum Gasteiger partial charge on any atom is -0.504 e. The summed E-state index contributed by atoms with van der Waals surface area (Å²) in [6.45, 7) is 0. The lowest BCUT2D eigenvalue weighted by Gasteiger charge is -2.03. The Morgan fingerprint density at radius 3 is 2.71 bits per heavy atom. The van der Waals surface area contributed by atoms with Crippen molar-refractivity contribution in [2.45, 2.75) is 0 Å². The number of cyclic esters (lactones) is 1. The van der Waals surface area contributed by atoms with Crippen molar-refractivity contribution in [3.05, 3.63) is 63.3 Å². The monoisotopic (exact) mass is 363 g/mol. The van der Waals surface area contributed by atoms with Crippen molar-refractivity contribution in [2.24, 2.45) is 4.99 Å². The first kappa shape index (κ1) is 16.4. The van der Waals surface area contributed by atoms with Crippen molar-refractivity contribution in [1.82, 2.24) is 0 Å². The van der Waals surface area contributed by atoms with Crippen LogP contribution in [0, 0.1) is 0 Å². The van der Waals surface area contributed by atoms with Crippen molar-refractivity contribution in [2.75, 3.05) is 7.11 Å². The van der Waals surface area contributed by atoms with E-state index in [4.69, 9.17) is 32.7 Å². The van der Waals surface area contributed by atoms with Gasteiger partial charge in [0.1, 0.15) is 0 Å². The highest BCUT2D eigenvalue weighted by molar-refractivity contribution is 6.37. The molecular weight excluding hydrogens is 353 g/mol. The molecule has 0 unspecified atom stereocenters. The highest BCUT2D eigenvalue weighted by Crippen LogP contribution is 2.29. The standard InChI is InChI=1S/C17H11Cl2NO4/c1-23-15-7-9(2-5-14(15)21)6-13-17(22)24-16(20-13)11-4-3-10(18)8-12(11)19/h2-8,21H,1H3/b13-6+. The van der Waals surface area contributed by atoms with Crippen LogP contribution in [0.3, 0.4) is 0 Å². The molecule has 2 aromatic rings. The van der Waals surface area contributed by atoms with E-state index in [-0.39, 0.29) is 17.3 Å².